The lowest BCUT2D eigenvalue weighted by atomic mass is 10.1. The van der Waals surface area contributed by atoms with Crippen LogP contribution >= 0.6 is 0 Å². The van der Waals surface area contributed by atoms with Crippen LogP contribution in [-0.2, 0) is 24.2 Å². The van der Waals surface area contributed by atoms with Gasteiger partial charge in [0.05, 0.1) is 25.4 Å². The van der Waals surface area contributed by atoms with Crippen molar-refractivity contribution in [3.8, 4) is 5.69 Å². The molecule has 3 aromatic rings. The van der Waals surface area contributed by atoms with Crippen LogP contribution in [-0.4, -0.2) is 60.0 Å². The van der Waals surface area contributed by atoms with E-state index in [2.05, 4.69) is 76.1 Å². The molecule has 2 N–H and O–H groups in total. The summed E-state index contributed by atoms with van der Waals surface area (Å²) < 4.78 is 7.30. The van der Waals surface area contributed by atoms with E-state index in [1.54, 1.807) is 6.20 Å². The summed E-state index contributed by atoms with van der Waals surface area (Å²) >= 11 is 0. The average molecular weight is 447 g/mol. The number of nitrogens with one attached hydrogen (secondary N) is 2. The zero-order valence-electron chi connectivity index (χ0n) is 19.4. The number of rotatable bonds is 9. The van der Waals surface area contributed by atoms with Crippen molar-refractivity contribution in [1.82, 2.24) is 25.3 Å². The Morgan fingerprint density at radius 3 is 2.39 bits per heavy atom. The molecule has 0 amide bonds. The van der Waals surface area contributed by atoms with Gasteiger partial charge in [0.15, 0.2) is 5.96 Å². The molecule has 0 aliphatic carbocycles. The highest BCUT2D eigenvalue weighted by molar-refractivity contribution is 5.79. The third-order valence-corrected chi connectivity index (χ3v) is 5.71. The molecular formula is C26H34N6O. The van der Waals surface area contributed by atoms with Crippen molar-refractivity contribution in [2.24, 2.45) is 4.99 Å². The van der Waals surface area contributed by atoms with Crippen LogP contribution in [0.25, 0.3) is 5.69 Å². The molecule has 1 aromatic heterocycles. The maximum atomic E-state index is 5.43. The average Bonchev–Trinajstić information content (AvgIpc) is 3.40. The number of hydrogen-bond donors (Lipinski definition) is 2. The van der Waals surface area contributed by atoms with Gasteiger partial charge in [0, 0.05) is 45.1 Å². The van der Waals surface area contributed by atoms with Crippen LogP contribution in [0.4, 0.5) is 0 Å². The second-order valence-electron chi connectivity index (χ2n) is 8.19. The number of ether oxygens (including phenoxy) is 1. The number of morpholine rings is 1. The SMILES string of the molecule is CCNC(=NCc1ccc(CN2CCOCC2)cc1)NCCc1ccc(-n2cccn2)cc1. The van der Waals surface area contributed by atoms with Gasteiger partial charge in [-0.2, -0.15) is 5.10 Å². The van der Waals surface area contributed by atoms with Gasteiger partial charge >= 0.3 is 0 Å². The highest BCUT2D eigenvalue weighted by Gasteiger charge is 2.10. The summed E-state index contributed by atoms with van der Waals surface area (Å²) in [6.07, 6.45) is 4.67. The quantitative estimate of drug-likeness (QED) is 0.391. The number of hydrogen-bond acceptors (Lipinski definition) is 4. The van der Waals surface area contributed by atoms with Crippen molar-refractivity contribution in [2.45, 2.75) is 26.4 Å². The fourth-order valence-electron chi connectivity index (χ4n) is 3.84. The maximum Gasteiger partial charge on any atom is 0.191 e. The lowest BCUT2D eigenvalue weighted by Crippen LogP contribution is -2.38. The number of aromatic nitrogens is 2. The predicted molar refractivity (Wildman–Crippen MR) is 133 cm³/mol. The molecule has 174 valence electrons. The number of guanidine groups is 1. The summed E-state index contributed by atoms with van der Waals surface area (Å²) in [5.74, 6) is 0.850. The van der Waals surface area contributed by atoms with Crippen LogP contribution in [0.5, 0.6) is 0 Å². The van der Waals surface area contributed by atoms with Crippen LogP contribution in [0.15, 0.2) is 72.0 Å². The lowest BCUT2D eigenvalue weighted by Gasteiger charge is -2.26. The molecule has 0 bridgehead atoms. The minimum Gasteiger partial charge on any atom is -0.379 e. The Hall–Kier alpha value is -3.16. The predicted octanol–water partition coefficient (Wildman–Crippen LogP) is 3.00. The molecule has 1 fully saturated rings. The summed E-state index contributed by atoms with van der Waals surface area (Å²) in [4.78, 5) is 7.20. The Kier molecular flexibility index (Phi) is 8.49. The molecule has 0 saturated carbocycles. The fourth-order valence-corrected chi connectivity index (χ4v) is 3.84. The zero-order chi connectivity index (χ0) is 22.7. The van der Waals surface area contributed by atoms with Crippen molar-refractivity contribution in [2.75, 3.05) is 39.4 Å². The third kappa shape index (κ3) is 7.17. The molecule has 0 unspecified atom stereocenters. The van der Waals surface area contributed by atoms with E-state index in [1.165, 1.54) is 16.7 Å². The van der Waals surface area contributed by atoms with Gasteiger partial charge in [0.25, 0.3) is 0 Å². The monoisotopic (exact) mass is 446 g/mol. The number of nitrogens with zero attached hydrogens (tertiary/aromatic N) is 4. The van der Waals surface area contributed by atoms with E-state index in [-0.39, 0.29) is 0 Å². The van der Waals surface area contributed by atoms with Crippen molar-refractivity contribution in [3.63, 3.8) is 0 Å². The van der Waals surface area contributed by atoms with Crippen LogP contribution < -0.4 is 10.6 Å². The minimum absolute atomic E-state index is 0.658. The maximum absolute atomic E-state index is 5.43. The molecule has 33 heavy (non-hydrogen) atoms. The zero-order valence-corrected chi connectivity index (χ0v) is 19.4. The van der Waals surface area contributed by atoms with E-state index in [0.717, 1.165) is 64.0 Å². The van der Waals surface area contributed by atoms with Crippen LogP contribution in [0.1, 0.15) is 23.6 Å². The van der Waals surface area contributed by atoms with Gasteiger partial charge in [-0.1, -0.05) is 36.4 Å². The fraction of sp³-hybridized carbons (Fsp3) is 0.385. The van der Waals surface area contributed by atoms with Crippen LogP contribution in [0.2, 0.25) is 0 Å². The van der Waals surface area contributed by atoms with Crippen molar-refractivity contribution in [1.29, 1.82) is 0 Å². The van der Waals surface area contributed by atoms with E-state index in [9.17, 15) is 0 Å². The number of benzene rings is 2. The first-order valence-electron chi connectivity index (χ1n) is 11.8. The summed E-state index contributed by atoms with van der Waals surface area (Å²) in [5, 5.41) is 11.1. The molecule has 7 heteroatoms. The topological polar surface area (TPSA) is 66.7 Å². The summed E-state index contributed by atoms with van der Waals surface area (Å²) in [6.45, 7) is 9.09. The Labute approximate surface area is 196 Å². The second-order valence-corrected chi connectivity index (χ2v) is 8.19. The van der Waals surface area contributed by atoms with Gasteiger partial charge in [-0.3, -0.25) is 4.90 Å². The molecule has 7 nitrogen and oxygen atoms in total. The smallest absolute Gasteiger partial charge is 0.191 e. The molecule has 4 rings (SSSR count). The molecule has 0 atom stereocenters. The molecule has 1 aliphatic heterocycles. The lowest BCUT2D eigenvalue weighted by molar-refractivity contribution is 0.0342. The summed E-state index contributed by atoms with van der Waals surface area (Å²) in [7, 11) is 0. The molecule has 2 heterocycles. The normalized spacial score (nSPS) is 14.9. The first-order chi connectivity index (χ1) is 16.3. The van der Waals surface area contributed by atoms with Gasteiger partial charge in [0.1, 0.15) is 0 Å². The van der Waals surface area contributed by atoms with Crippen molar-refractivity contribution in [3.05, 3.63) is 83.7 Å². The van der Waals surface area contributed by atoms with E-state index in [1.807, 2.05) is 16.9 Å². The Bertz CT molecular complexity index is 977. The van der Waals surface area contributed by atoms with E-state index in [0.29, 0.717) is 6.54 Å². The van der Waals surface area contributed by atoms with Gasteiger partial charge in [-0.05, 0) is 48.2 Å². The van der Waals surface area contributed by atoms with E-state index >= 15 is 0 Å². The third-order valence-electron chi connectivity index (χ3n) is 5.71. The molecule has 2 aromatic carbocycles. The molecule has 1 saturated heterocycles. The second kappa shape index (κ2) is 12.2. The largest absolute Gasteiger partial charge is 0.379 e. The van der Waals surface area contributed by atoms with Crippen LogP contribution in [0, 0.1) is 0 Å². The molecular weight excluding hydrogens is 412 g/mol. The van der Waals surface area contributed by atoms with Crippen molar-refractivity contribution < 1.29 is 4.74 Å². The standard InChI is InChI=1S/C26H34N6O/c1-2-27-26(28-14-12-22-8-10-25(11-9-22)32-15-3-13-30-32)29-20-23-4-6-24(7-5-23)21-31-16-18-33-19-17-31/h3-11,13,15H,2,12,14,16-21H2,1H3,(H2,27,28,29). The van der Waals surface area contributed by atoms with Crippen molar-refractivity contribution >= 4 is 5.96 Å². The Morgan fingerprint density at radius 1 is 0.970 bits per heavy atom. The van der Waals surface area contributed by atoms with Gasteiger partial charge in [-0.15, -0.1) is 0 Å². The first kappa shape index (κ1) is 23.0. The van der Waals surface area contributed by atoms with Gasteiger partial charge in [-0.25, -0.2) is 9.67 Å². The highest BCUT2D eigenvalue weighted by Crippen LogP contribution is 2.11. The van der Waals surface area contributed by atoms with Crippen LogP contribution in [0.3, 0.4) is 0 Å². The van der Waals surface area contributed by atoms with E-state index < -0.39 is 0 Å². The highest BCUT2D eigenvalue weighted by atomic mass is 16.5. The Balaban J connectivity index is 1.25. The first-order valence-corrected chi connectivity index (χ1v) is 11.8. The number of aliphatic imine (C=N–C) groups is 1. The molecule has 0 radical (unpaired) electrons. The molecule has 1 aliphatic rings. The van der Waals surface area contributed by atoms with Gasteiger partial charge < -0.3 is 15.4 Å². The Morgan fingerprint density at radius 2 is 1.70 bits per heavy atom. The summed E-state index contributed by atoms with van der Waals surface area (Å²) in [6, 6.07) is 19.2. The summed E-state index contributed by atoms with van der Waals surface area (Å²) in [5.41, 5.74) is 4.91. The van der Waals surface area contributed by atoms with Gasteiger partial charge in [0.2, 0.25) is 0 Å². The minimum atomic E-state index is 0.658. The van der Waals surface area contributed by atoms with E-state index in [4.69, 9.17) is 9.73 Å². The molecule has 0 spiro atoms.